The summed E-state index contributed by atoms with van der Waals surface area (Å²) >= 11 is 3.28. The number of piperidine rings is 1. The van der Waals surface area contributed by atoms with E-state index in [1.165, 1.54) is 18.2 Å². The van der Waals surface area contributed by atoms with E-state index in [1.54, 1.807) is 19.2 Å². The van der Waals surface area contributed by atoms with E-state index < -0.39 is 6.61 Å². The number of hydrogen-bond acceptors (Lipinski definition) is 4. The first kappa shape index (κ1) is 21.8. The van der Waals surface area contributed by atoms with Crippen LogP contribution >= 0.6 is 15.9 Å². The maximum atomic E-state index is 12.5. The van der Waals surface area contributed by atoms with Gasteiger partial charge >= 0.3 is 6.61 Å². The van der Waals surface area contributed by atoms with Gasteiger partial charge in [0.1, 0.15) is 5.75 Å². The number of carbonyl (C=O) groups is 1. The van der Waals surface area contributed by atoms with Crippen molar-refractivity contribution in [1.82, 2.24) is 10.2 Å². The number of rotatable bonds is 9. The highest BCUT2D eigenvalue weighted by Crippen LogP contribution is 2.26. The fraction of sp³-hybridized carbons (Fsp3) is 0.526. The summed E-state index contributed by atoms with van der Waals surface area (Å²) in [6, 6.07) is 4.66. The molecule has 1 heterocycles. The van der Waals surface area contributed by atoms with E-state index in [4.69, 9.17) is 4.74 Å². The SMILES string of the molecule is COCCN1CCC(CNC(=O)/C=C/c2cc(Br)ccc2OC(F)F)CC1. The van der Waals surface area contributed by atoms with E-state index in [-0.39, 0.29) is 11.7 Å². The van der Waals surface area contributed by atoms with Gasteiger partial charge in [-0.05, 0) is 56.1 Å². The summed E-state index contributed by atoms with van der Waals surface area (Å²) in [5, 5.41) is 2.89. The minimum Gasteiger partial charge on any atom is -0.434 e. The Bertz CT molecular complexity index is 635. The van der Waals surface area contributed by atoms with Gasteiger partial charge in [0, 0.05) is 36.3 Å². The van der Waals surface area contributed by atoms with Crippen LogP contribution in [0.3, 0.4) is 0 Å². The molecule has 0 saturated carbocycles. The predicted octanol–water partition coefficient (Wildman–Crippen LogP) is 3.54. The number of nitrogens with zero attached hydrogens (tertiary/aromatic N) is 1. The van der Waals surface area contributed by atoms with Gasteiger partial charge in [0.2, 0.25) is 5.91 Å². The van der Waals surface area contributed by atoms with E-state index in [2.05, 4.69) is 30.9 Å². The van der Waals surface area contributed by atoms with E-state index in [9.17, 15) is 13.6 Å². The molecular weight excluding hydrogens is 422 g/mol. The lowest BCUT2D eigenvalue weighted by atomic mass is 9.97. The molecule has 0 bridgehead atoms. The number of carbonyl (C=O) groups excluding carboxylic acids is 1. The second-order valence-corrected chi connectivity index (χ2v) is 7.33. The number of halogens is 3. The molecule has 1 aromatic carbocycles. The van der Waals surface area contributed by atoms with Crippen LogP contribution in [0, 0.1) is 5.92 Å². The molecule has 0 aromatic heterocycles. The first-order valence-electron chi connectivity index (χ1n) is 8.89. The van der Waals surface area contributed by atoms with Gasteiger partial charge in [-0.15, -0.1) is 0 Å². The average molecular weight is 447 g/mol. The van der Waals surface area contributed by atoms with Gasteiger partial charge < -0.3 is 19.7 Å². The van der Waals surface area contributed by atoms with E-state index in [1.807, 2.05) is 0 Å². The van der Waals surface area contributed by atoms with Gasteiger partial charge in [0.15, 0.2) is 0 Å². The maximum Gasteiger partial charge on any atom is 0.387 e. The van der Waals surface area contributed by atoms with Gasteiger partial charge in [-0.2, -0.15) is 8.78 Å². The number of hydrogen-bond donors (Lipinski definition) is 1. The molecule has 0 spiro atoms. The second-order valence-electron chi connectivity index (χ2n) is 6.42. The van der Waals surface area contributed by atoms with Crippen LogP contribution in [-0.2, 0) is 9.53 Å². The molecule has 1 fully saturated rings. The molecule has 1 N–H and O–H groups in total. The molecule has 27 heavy (non-hydrogen) atoms. The van der Waals surface area contributed by atoms with Gasteiger partial charge in [-0.25, -0.2) is 0 Å². The fourth-order valence-electron chi connectivity index (χ4n) is 2.96. The van der Waals surface area contributed by atoms with Crippen LogP contribution in [0.1, 0.15) is 18.4 Å². The largest absolute Gasteiger partial charge is 0.434 e. The third kappa shape index (κ3) is 7.94. The van der Waals surface area contributed by atoms with E-state index in [0.717, 1.165) is 39.1 Å². The highest BCUT2D eigenvalue weighted by atomic mass is 79.9. The van der Waals surface area contributed by atoms with Crippen molar-refractivity contribution in [2.24, 2.45) is 5.92 Å². The first-order valence-corrected chi connectivity index (χ1v) is 9.68. The Morgan fingerprint density at radius 2 is 2.15 bits per heavy atom. The van der Waals surface area contributed by atoms with Crippen molar-refractivity contribution in [2.45, 2.75) is 19.5 Å². The second kappa shape index (κ2) is 11.4. The first-order chi connectivity index (χ1) is 13.0. The zero-order valence-corrected chi connectivity index (χ0v) is 16.9. The number of methoxy groups -OCH3 is 1. The number of likely N-dealkylation sites (tertiary alicyclic amines) is 1. The molecule has 0 atom stereocenters. The quantitative estimate of drug-likeness (QED) is 0.589. The molecule has 0 radical (unpaired) electrons. The molecule has 1 saturated heterocycles. The molecule has 0 unspecified atom stereocenters. The molecule has 1 aromatic rings. The van der Waals surface area contributed by atoms with Crippen LogP contribution in [0.5, 0.6) is 5.75 Å². The summed E-state index contributed by atoms with van der Waals surface area (Å²) in [7, 11) is 1.70. The Morgan fingerprint density at radius 1 is 1.41 bits per heavy atom. The van der Waals surface area contributed by atoms with Crippen LogP contribution in [0.25, 0.3) is 6.08 Å². The Labute approximate surface area is 166 Å². The molecular formula is C19H25BrF2N2O3. The molecule has 150 valence electrons. The number of ether oxygens (including phenoxy) is 2. The summed E-state index contributed by atoms with van der Waals surface area (Å²) in [5.74, 6) is 0.227. The standard InChI is InChI=1S/C19H25BrF2N2O3/c1-26-11-10-24-8-6-14(7-9-24)13-23-18(25)5-2-15-12-16(20)3-4-17(15)27-19(21)22/h2-5,12,14,19H,6-11,13H2,1H3,(H,23,25)/b5-2+. The van der Waals surface area contributed by atoms with Crippen molar-refractivity contribution >= 4 is 27.9 Å². The van der Waals surface area contributed by atoms with Crippen molar-refractivity contribution in [3.8, 4) is 5.75 Å². The zero-order valence-electron chi connectivity index (χ0n) is 15.3. The fourth-order valence-corrected chi connectivity index (χ4v) is 3.34. The van der Waals surface area contributed by atoms with E-state index in [0.29, 0.717) is 22.5 Å². The molecule has 1 aliphatic rings. The number of alkyl halides is 2. The summed E-state index contributed by atoms with van der Waals surface area (Å²) in [6.45, 7) is 1.38. The highest BCUT2D eigenvalue weighted by Gasteiger charge is 2.19. The third-order valence-corrected chi connectivity index (χ3v) is 4.98. The Hall–Kier alpha value is -1.51. The number of benzene rings is 1. The minimum absolute atomic E-state index is 0.0284. The Morgan fingerprint density at radius 3 is 2.81 bits per heavy atom. The smallest absolute Gasteiger partial charge is 0.387 e. The van der Waals surface area contributed by atoms with Gasteiger partial charge in [0.05, 0.1) is 6.61 Å². The van der Waals surface area contributed by atoms with E-state index >= 15 is 0 Å². The highest BCUT2D eigenvalue weighted by molar-refractivity contribution is 9.10. The lowest BCUT2D eigenvalue weighted by Crippen LogP contribution is -2.39. The van der Waals surface area contributed by atoms with Crippen molar-refractivity contribution < 1.29 is 23.0 Å². The lowest BCUT2D eigenvalue weighted by molar-refractivity contribution is -0.116. The minimum atomic E-state index is -2.91. The molecule has 0 aliphatic carbocycles. The van der Waals surface area contributed by atoms with Crippen molar-refractivity contribution in [3.05, 3.63) is 34.3 Å². The molecule has 8 heteroatoms. The summed E-state index contributed by atoms with van der Waals surface area (Å²) < 4.78 is 35.2. The average Bonchev–Trinajstić information content (AvgIpc) is 2.65. The maximum absolute atomic E-state index is 12.5. The molecule has 2 rings (SSSR count). The van der Waals surface area contributed by atoms with Crippen LogP contribution in [-0.4, -0.2) is 57.3 Å². The molecule has 5 nitrogen and oxygen atoms in total. The van der Waals surface area contributed by atoms with Crippen molar-refractivity contribution in [2.75, 3.05) is 39.9 Å². The number of amides is 1. The summed E-state index contributed by atoms with van der Waals surface area (Å²) in [4.78, 5) is 14.4. The third-order valence-electron chi connectivity index (χ3n) is 4.49. The van der Waals surface area contributed by atoms with Crippen molar-refractivity contribution in [3.63, 3.8) is 0 Å². The predicted molar refractivity (Wildman–Crippen MR) is 104 cm³/mol. The van der Waals surface area contributed by atoms with Crippen LogP contribution in [0.2, 0.25) is 0 Å². The summed E-state index contributed by atoms with van der Waals surface area (Å²) in [6.07, 6.45) is 4.89. The molecule has 1 amide bonds. The molecule has 1 aliphatic heterocycles. The normalized spacial score (nSPS) is 16.2. The monoisotopic (exact) mass is 446 g/mol. The van der Waals surface area contributed by atoms with Crippen LogP contribution in [0.4, 0.5) is 8.78 Å². The van der Waals surface area contributed by atoms with Gasteiger partial charge in [0.25, 0.3) is 0 Å². The van der Waals surface area contributed by atoms with Crippen LogP contribution < -0.4 is 10.1 Å². The Kier molecular flexibility index (Phi) is 9.17. The van der Waals surface area contributed by atoms with Gasteiger partial charge in [-0.1, -0.05) is 15.9 Å². The lowest BCUT2D eigenvalue weighted by Gasteiger charge is -2.31. The van der Waals surface area contributed by atoms with Crippen LogP contribution in [0.15, 0.2) is 28.7 Å². The van der Waals surface area contributed by atoms with Crippen molar-refractivity contribution in [1.29, 1.82) is 0 Å². The zero-order chi connectivity index (χ0) is 19.6. The number of nitrogens with one attached hydrogen (secondary N) is 1. The van der Waals surface area contributed by atoms with Gasteiger partial charge in [-0.3, -0.25) is 4.79 Å². The topological polar surface area (TPSA) is 50.8 Å². The summed E-state index contributed by atoms with van der Waals surface area (Å²) in [5.41, 5.74) is 0.409. The Balaban J connectivity index is 1.80.